The zero-order valence-electron chi connectivity index (χ0n) is 24.6. The Morgan fingerprint density at radius 3 is 2.20 bits per heavy atom. The largest absolute Gasteiger partial charge is 0.337 e. The first-order chi connectivity index (χ1) is 19.5. The Kier molecular flexibility index (Phi) is 9.79. The molecule has 40 heavy (non-hydrogen) atoms. The maximum Gasteiger partial charge on any atom is 0.320 e. The molecule has 0 bridgehead atoms. The van der Waals surface area contributed by atoms with Gasteiger partial charge in [0.05, 0.1) is 6.04 Å². The first kappa shape index (κ1) is 28.7. The highest BCUT2D eigenvalue weighted by molar-refractivity contribution is 5.95. The van der Waals surface area contributed by atoms with Gasteiger partial charge in [0.25, 0.3) is 5.91 Å². The molecular formula is C34H48N4O2. The van der Waals surface area contributed by atoms with Gasteiger partial charge in [-0.1, -0.05) is 75.4 Å². The summed E-state index contributed by atoms with van der Waals surface area (Å²) in [5.74, 6) is 0.957. The lowest BCUT2D eigenvalue weighted by Crippen LogP contribution is -2.45. The molecule has 2 aromatic rings. The Balaban J connectivity index is 1.05. The number of carbonyl (C=O) groups excluding carboxylic acids is 2. The Morgan fingerprint density at radius 2 is 1.50 bits per heavy atom. The highest BCUT2D eigenvalue weighted by atomic mass is 16.2. The molecule has 0 aromatic heterocycles. The molecule has 0 radical (unpaired) electrons. The van der Waals surface area contributed by atoms with Crippen molar-refractivity contribution in [1.29, 1.82) is 0 Å². The van der Waals surface area contributed by atoms with Crippen LogP contribution >= 0.6 is 0 Å². The molecule has 0 unspecified atom stereocenters. The normalized spacial score (nSPS) is 21.6. The van der Waals surface area contributed by atoms with Gasteiger partial charge in [-0.3, -0.25) is 4.79 Å². The number of aryl methyl sites for hydroxylation is 1. The summed E-state index contributed by atoms with van der Waals surface area (Å²) >= 11 is 0. The number of nitrogens with one attached hydrogen (secondary N) is 1. The maximum atomic E-state index is 13.3. The van der Waals surface area contributed by atoms with Crippen LogP contribution < -0.4 is 5.32 Å². The van der Waals surface area contributed by atoms with E-state index in [0.29, 0.717) is 24.7 Å². The fraction of sp³-hybridized carbons (Fsp3) is 0.588. The summed E-state index contributed by atoms with van der Waals surface area (Å²) in [5, 5.41) is 3.71. The smallest absolute Gasteiger partial charge is 0.320 e. The summed E-state index contributed by atoms with van der Waals surface area (Å²) in [6.07, 6.45) is 12.6. The number of hydrogen-bond donors (Lipinski definition) is 1. The lowest BCUT2D eigenvalue weighted by Gasteiger charge is -2.27. The van der Waals surface area contributed by atoms with E-state index in [4.69, 9.17) is 0 Å². The molecule has 3 fully saturated rings. The van der Waals surface area contributed by atoms with Gasteiger partial charge in [-0.25, -0.2) is 4.79 Å². The second-order valence-corrected chi connectivity index (χ2v) is 12.2. The van der Waals surface area contributed by atoms with E-state index in [1.54, 1.807) is 0 Å². The monoisotopic (exact) mass is 544 g/mol. The third-order valence-corrected chi connectivity index (χ3v) is 9.54. The van der Waals surface area contributed by atoms with Crippen molar-refractivity contribution in [3.8, 4) is 11.1 Å². The Morgan fingerprint density at radius 1 is 0.850 bits per heavy atom. The van der Waals surface area contributed by atoms with E-state index in [2.05, 4.69) is 36.5 Å². The van der Waals surface area contributed by atoms with Crippen LogP contribution in [-0.4, -0.2) is 78.5 Å². The first-order valence-electron chi connectivity index (χ1n) is 15.8. The molecule has 3 aliphatic rings. The quantitative estimate of drug-likeness (QED) is 0.382. The lowest BCUT2D eigenvalue weighted by molar-refractivity contribution is 0.0735. The van der Waals surface area contributed by atoms with Crippen molar-refractivity contribution in [2.24, 2.45) is 5.92 Å². The van der Waals surface area contributed by atoms with Crippen LogP contribution in [0.3, 0.4) is 0 Å². The Hall–Kier alpha value is -2.86. The molecular weight excluding hydrogens is 496 g/mol. The predicted octanol–water partition coefficient (Wildman–Crippen LogP) is 6.21. The molecule has 1 N–H and O–H groups in total. The number of carbonyl (C=O) groups is 2. The number of urea groups is 1. The zero-order chi connectivity index (χ0) is 27.9. The van der Waals surface area contributed by atoms with Crippen LogP contribution in [-0.2, 0) is 6.42 Å². The van der Waals surface area contributed by atoms with E-state index in [0.717, 1.165) is 55.9 Å². The fourth-order valence-electron chi connectivity index (χ4n) is 6.81. The molecule has 2 saturated heterocycles. The van der Waals surface area contributed by atoms with Gasteiger partial charge in [0.2, 0.25) is 0 Å². The molecule has 216 valence electrons. The van der Waals surface area contributed by atoms with Gasteiger partial charge in [0.15, 0.2) is 0 Å². The number of nitrogens with zero attached hydrogens (tertiary/aromatic N) is 3. The van der Waals surface area contributed by atoms with Crippen LogP contribution in [0.1, 0.15) is 80.6 Å². The second kappa shape index (κ2) is 13.7. The number of likely N-dealkylation sites (N-methyl/N-ethyl adjacent to an activating group) is 1. The molecule has 5 rings (SSSR count). The summed E-state index contributed by atoms with van der Waals surface area (Å²) in [6, 6.07) is 17.1. The van der Waals surface area contributed by atoms with Crippen LogP contribution in [0, 0.1) is 5.92 Å². The number of likely N-dealkylation sites (tertiary alicyclic amines) is 2. The molecule has 2 atom stereocenters. The van der Waals surface area contributed by atoms with Crippen LogP contribution in [0.15, 0.2) is 48.5 Å². The minimum atomic E-state index is 0.0193. The summed E-state index contributed by atoms with van der Waals surface area (Å²) in [5.41, 5.74) is 4.29. The standard InChI is InChI=1S/C34H48N4O2/c1-3-26-11-13-28(14-12-26)29-15-17-30(18-16-29)33(39)36(2)32-20-23-38(25-32)34(40)37-22-19-31(24-37)35-21-7-10-27-8-5-4-6-9-27/h11-18,27,31-32,35H,3-10,19-25H2,1-2H3/t31-,32+/m1/s1. The van der Waals surface area contributed by atoms with Gasteiger partial charge in [0, 0.05) is 44.8 Å². The highest BCUT2D eigenvalue weighted by Gasteiger charge is 2.35. The number of rotatable bonds is 9. The van der Waals surface area contributed by atoms with Crippen molar-refractivity contribution >= 4 is 11.9 Å². The van der Waals surface area contributed by atoms with E-state index in [-0.39, 0.29) is 18.0 Å². The van der Waals surface area contributed by atoms with E-state index < -0.39 is 0 Å². The Labute approximate surface area is 241 Å². The molecule has 2 aromatic carbocycles. The van der Waals surface area contributed by atoms with Crippen LogP contribution in [0.2, 0.25) is 0 Å². The summed E-state index contributed by atoms with van der Waals surface area (Å²) in [6.45, 7) is 6.16. The van der Waals surface area contributed by atoms with Gasteiger partial charge in [0.1, 0.15) is 0 Å². The first-order valence-corrected chi connectivity index (χ1v) is 15.8. The third kappa shape index (κ3) is 7.06. The average Bonchev–Trinajstić information content (AvgIpc) is 3.70. The third-order valence-electron chi connectivity index (χ3n) is 9.54. The van der Waals surface area contributed by atoms with E-state index in [1.807, 2.05) is 46.0 Å². The van der Waals surface area contributed by atoms with Gasteiger partial charge in [-0.15, -0.1) is 0 Å². The van der Waals surface area contributed by atoms with Crippen molar-refractivity contribution in [3.63, 3.8) is 0 Å². The molecule has 1 saturated carbocycles. The molecule has 3 amide bonds. The van der Waals surface area contributed by atoms with Crippen molar-refractivity contribution in [1.82, 2.24) is 20.0 Å². The van der Waals surface area contributed by atoms with E-state index >= 15 is 0 Å². The van der Waals surface area contributed by atoms with Crippen molar-refractivity contribution in [2.45, 2.75) is 83.2 Å². The van der Waals surface area contributed by atoms with Crippen molar-refractivity contribution < 1.29 is 9.59 Å². The van der Waals surface area contributed by atoms with Gasteiger partial charge < -0.3 is 20.0 Å². The summed E-state index contributed by atoms with van der Waals surface area (Å²) in [4.78, 5) is 32.3. The SMILES string of the molecule is CCc1ccc(-c2ccc(C(=O)N(C)[C@H]3CCN(C(=O)N4CC[C@@H](NCCCC5CCCCC5)C4)C3)cc2)cc1. The van der Waals surface area contributed by atoms with Crippen LogP contribution in [0.5, 0.6) is 0 Å². The Bertz CT molecular complexity index is 1110. The predicted molar refractivity (Wildman–Crippen MR) is 163 cm³/mol. The summed E-state index contributed by atoms with van der Waals surface area (Å²) < 4.78 is 0. The average molecular weight is 545 g/mol. The molecule has 1 aliphatic carbocycles. The van der Waals surface area contributed by atoms with E-state index in [9.17, 15) is 9.59 Å². The minimum absolute atomic E-state index is 0.0193. The molecule has 6 nitrogen and oxygen atoms in total. The molecule has 2 aliphatic heterocycles. The maximum absolute atomic E-state index is 13.3. The van der Waals surface area contributed by atoms with Gasteiger partial charge >= 0.3 is 6.03 Å². The number of hydrogen-bond acceptors (Lipinski definition) is 3. The zero-order valence-corrected chi connectivity index (χ0v) is 24.6. The molecule has 6 heteroatoms. The van der Waals surface area contributed by atoms with Gasteiger partial charge in [-0.2, -0.15) is 0 Å². The highest BCUT2D eigenvalue weighted by Crippen LogP contribution is 2.27. The van der Waals surface area contributed by atoms with Crippen LogP contribution in [0.25, 0.3) is 11.1 Å². The van der Waals surface area contributed by atoms with Crippen molar-refractivity contribution in [3.05, 3.63) is 59.7 Å². The van der Waals surface area contributed by atoms with Crippen LogP contribution in [0.4, 0.5) is 4.79 Å². The molecule has 0 spiro atoms. The number of benzene rings is 2. The lowest BCUT2D eigenvalue weighted by atomic mass is 9.86. The summed E-state index contributed by atoms with van der Waals surface area (Å²) in [7, 11) is 1.88. The topological polar surface area (TPSA) is 55.9 Å². The second-order valence-electron chi connectivity index (χ2n) is 12.2. The number of amides is 3. The van der Waals surface area contributed by atoms with Gasteiger partial charge in [-0.05, 0) is 73.4 Å². The minimum Gasteiger partial charge on any atom is -0.337 e. The molecule has 2 heterocycles. The van der Waals surface area contributed by atoms with Crippen molar-refractivity contribution in [2.75, 3.05) is 39.8 Å². The van der Waals surface area contributed by atoms with E-state index in [1.165, 1.54) is 50.5 Å². The fourth-order valence-corrected chi connectivity index (χ4v) is 6.81.